The summed E-state index contributed by atoms with van der Waals surface area (Å²) in [7, 11) is 0. The van der Waals surface area contributed by atoms with Crippen LogP contribution in [0.15, 0.2) is 0 Å². The van der Waals surface area contributed by atoms with Crippen LogP contribution in [0.4, 0.5) is 0 Å². The van der Waals surface area contributed by atoms with E-state index in [-0.39, 0.29) is 0 Å². The second-order valence-corrected chi connectivity index (χ2v) is 4.60. The smallest absolute Gasteiger partial charge is 0.0329 e. The molecular formula is C10H16. The monoisotopic (exact) mass is 136 g/mol. The molecule has 4 atom stereocenters. The van der Waals surface area contributed by atoms with Crippen molar-refractivity contribution in [3.05, 3.63) is 0 Å². The van der Waals surface area contributed by atoms with E-state index in [1.54, 1.807) is 38.5 Å². The van der Waals surface area contributed by atoms with E-state index in [1.807, 2.05) is 0 Å². The van der Waals surface area contributed by atoms with Gasteiger partial charge in [-0.2, -0.15) is 0 Å². The molecule has 0 spiro atoms. The highest BCUT2D eigenvalue weighted by Gasteiger charge is 2.50. The summed E-state index contributed by atoms with van der Waals surface area (Å²) in [6, 6.07) is 0. The Balaban J connectivity index is 1.86. The van der Waals surface area contributed by atoms with Crippen molar-refractivity contribution in [3.8, 4) is 0 Å². The van der Waals surface area contributed by atoms with Gasteiger partial charge in [-0.3, -0.25) is 0 Å². The van der Waals surface area contributed by atoms with Gasteiger partial charge >= 0.3 is 0 Å². The predicted octanol–water partition coefficient (Wildman–Crippen LogP) is 2.83. The van der Waals surface area contributed by atoms with Crippen molar-refractivity contribution in [1.82, 2.24) is 0 Å². The van der Waals surface area contributed by atoms with Crippen molar-refractivity contribution in [2.75, 3.05) is 0 Å². The fraction of sp³-hybridized carbons (Fsp3) is 1.00. The van der Waals surface area contributed by atoms with Gasteiger partial charge in [0.2, 0.25) is 0 Å². The van der Waals surface area contributed by atoms with Gasteiger partial charge in [0.05, 0.1) is 0 Å². The van der Waals surface area contributed by atoms with Gasteiger partial charge in [0, 0.05) is 0 Å². The summed E-state index contributed by atoms with van der Waals surface area (Å²) < 4.78 is 0. The molecule has 0 aliphatic heterocycles. The molecule has 56 valence electrons. The van der Waals surface area contributed by atoms with Gasteiger partial charge in [0.1, 0.15) is 0 Å². The fourth-order valence-corrected chi connectivity index (χ4v) is 3.88. The van der Waals surface area contributed by atoms with E-state index in [9.17, 15) is 0 Å². The Kier molecular flexibility index (Phi) is 1.00. The molecule has 0 heterocycles. The lowest BCUT2D eigenvalue weighted by molar-refractivity contribution is 0.0284. The minimum absolute atomic E-state index is 1.19. The normalized spacial score (nSPS) is 57.6. The van der Waals surface area contributed by atoms with E-state index in [4.69, 9.17) is 0 Å². The average molecular weight is 136 g/mol. The van der Waals surface area contributed by atoms with E-state index in [1.165, 1.54) is 23.7 Å². The van der Waals surface area contributed by atoms with E-state index >= 15 is 0 Å². The summed E-state index contributed by atoms with van der Waals surface area (Å²) in [5.41, 5.74) is 0. The first-order chi connectivity index (χ1) is 4.95. The van der Waals surface area contributed by atoms with Crippen molar-refractivity contribution in [2.45, 2.75) is 38.5 Å². The highest BCUT2D eigenvalue weighted by molar-refractivity contribution is 5.00. The maximum absolute atomic E-state index is 1.61. The van der Waals surface area contributed by atoms with Crippen molar-refractivity contribution < 1.29 is 0 Å². The first kappa shape index (κ1) is 5.62. The molecule has 0 aromatic rings. The second kappa shape index (κ2) is 1.78. The lowest BCUT2D eigenvalue weighted by Gasteiger charge is -2.47. The molecule has 0 saturated heterocycles. The Morgan fingerprint density at radius 1 is 0.700 bits per heavy atom. The molecule has 0 nitrogen and oxygen atoms in total. The molecule has 3 fully saturated rings. The van der Waals surface area contributed by atoms with Crippen LogP contribution in [0.1, 0.15) is 38.5 Å². The minimum atomic E-state index is 1.19. The van der Waals surface area contributed by atoms with Gasteiger partial charge in [0.15, 0.2) is 0 Å². The third kappa shape index (κ3) is 0.538. The predicted molar refractivity (Wildman–Crippen MR) is 41.7 cm³/mol. The molecule has 0 aromatic heterocycles. The summed E-state index contributed by atoms with van der Waals surface area (Å²) in [6.45, 7) is 0. The van der Waals surface area contributed by atoms with Gasteiger partial charge in [-0.15, -0.1) is 0 Å². The minimum Gasteiger partial charge on any atom is -0.0528 e. The van der Waals surface area contributed by atoms with Gasteiger partial charge < -0.3 is 0 Å². The highest BCUT2D eigenvalue weighted by Crippen LogP contribution is 2.59. The summed E-state index contributed by atoms with van der Waals surface area (Å²) >= 11 is 0. The first-order valence-corrected chi connectivity index (χ1v) is 4.95. The molecule has 3 rings (SSSR count). The highest BCUT2D eigenvalue weighted by atomic mass is 14.5. The van der Waals surface area contributed by atoms with E-state index in [2.05, 4.69) is 0 Å². The Hall–Kier alpha value is 0. The number of hydrogen-bond donors (Lipinski definition) is 0. The lowest BCUT2D eigenvalue weighted by atomic mass is 9.59. The van der Waals surface area contributed by atoms with Crippen LogP contribution in [-0.2, 0) is 0 Å². The van der Waals surface area contributed by atoms with E-state index in [0.29, 0.717) is 0 Å². The van der Waals surface area contributed by atoms with Crippen LogP contribution < -0.4 is 0 Å². The molecule has 0 amide bonds. The molecule has 3 unspecified atom stereocenters. The lowest BCUT2D eigenvalue weighted by Crippen LogP contribution is -2.38. The van der Waals surface area contributed by atoms with Crippen LogP contribution in [-0.4, -0.2) is 0 Å². The SMILES string of the molecule is C1CC2CC3CC[C@@H](C1)C23. The largest absolute Gasteiger partial charge is 0.0528 e. The molecule has 3 aliphatic rings. The molecule has 0 aromatic carbocycles. The Labute approximate surface area is 63.0 Å². The molecule has 0 heteroatoms. The van der Waals surface area contributed by atoms with Crippen LogP contribution in [0.2, 0.25) is 0 Å². The van der Waals surface area contributed by atoms with Crippen molar-refractivity contribution >= 4 is 0 Å². The van der Waals surface area contributed by atoms with Crippen LogP contribution in [0.3, 0.4) is 0 Å². The molecule has 3 aliphatic carbocycles. The number of hydrogen-bond acceptors (Lipinski definition) is 0. The van der Waals surface area contributed by atoms with Crippen LogP contribution in [0.5, 0.6) is 0 Å². The summed E-state index contributed by atoms with van der Waals surface area (Å²) in [5.74, 6) is 4.83. The third-order valence-electron chi connectivity index (χ3n) is 4.30. The topological polar surface area (TPSA) is 0 Å². The van der Waals surface area contributed by atoms with Crippen molar-refractivity contribution in [3.63, 3.8) is 0 Å². The standard InChI is InChI=1S/C10H16/c1-2-7-4-5-9-6-8(3-1)10(7)9/h7-10H,1-6H2/t7-,8?,9?,10?/m1/s1. The Morgan fingerprint density at radius 2 is 1.40 bits per heavy atom. The van der Waals surface area contributed by atoms with Crippen LogP contribution in [0.25, 0.3) is 0 Å². The quantitative estimate of drug-likeness (QED) is 0.480. The summed E-state index contributed by atoms with van der Waals surface area (Å²) in [4.78, 5) is 0. The van der Waals surface area contributed by atoms with E-state index in [0.717, 1.165) is 0 Å². The molecule has 3 saturated carbocycles. The van der Waals surface area contributed by atoms with Crippen LogP contribution >= 0.6 is 0 Å². The number of rotatable bonds is 0. The molecule has 10 heavy (non-hydrogen) atoms. The molecule has 0 bridgehead atoms. The van der Waals surface area contributed by atoms with E-state index < -0.39 is 0 Å². The zero-order valence-electron chi connectivity index (χ0n) is 6.55. The first-order valence-electron chi connectivity index (χ1n) is 4.95. The maximum atomic E-state index is 1.61. The van der Waals surface area contributed by atoms with Crippen LogP contribution in [0, 0.1) is 23.7 Å². The summed E-state index contributed by atoms with van der Waals surface area (Å²) in [6.07, 6.45) is 9.51. The zero-order valence-corrected chi connectivity index (χ0v) is 6.55. The average Bonchev–Trinajstić information content (AvgIpc) is 2.25. The van der Waals surface area contributed by atoms with Gasteiger partial charge in [-0.25, -0.2) is 0 Å². The van der Waals surface area contributed by atoms with Crippen molar-refractivity contribution in [2.24, 2.45) is 23.7 Å². The summed E-state index contributed by atoms with van der Waals surface area (Å²) in [5, 5.41) is 0. The van der Waals surface area contributed by atoms with Crippen molar-refractivity contribution in [1.29, 1.82) is 0 Å². The molecule has 0 N–H and O–H groups in total. The van der Waals surface area contributed by atoms with Gasteiger partial charge in [-0.05, 0) is 42.9 Å². The maximum Gasteiger partial charge on any atom is -0.0329 e. The zero-order chi connectivity index (χ0) is 6.55. The Morgan fingerprint density at radius 3 is 2.30 bits per heavy atom. The second-order valence-electron chi connectivity index (χ2n) is 4.60. The Bertz CT molecular complexity index is 148. The van der Waals surface area contributed by atoms with Gasteiger partial charge in [0.25, 0.3) is 0 Å². The fourth-order valence-electron chi connectivity index (χ4n) is 3.88. The van der Waals surface area contributed by atoms with Gasteiger partial charge in [-0.1, -0.05) is 19.3 Å². The molecule has 0 radical (unpaired) electrons. The third-order valence-corrected chi connectivity index (χ3v) is 4.30. The molecular weight excluding hydrogens is 120 g/mol.